The van der Waals surface area contributed by atoms with E-state index < -0.39 is 0 Å². The SMILES string of the molecule is CNC(=O)c1ccc(-c2ccc(Cl)cc2Cl)cc1. The van der Waals surface area contributed by atoms with Crippen molar-refractivity contribution < 1.29 is 4.79 Å². The average molecular weight is 280 g/mol. The lowest BCUT2D eigenvalue weighted by molar-refractivity contribution is 0.0963. The molecule has 0 heterocycles. The summed E-state index contributed by atoms with van der Waals surface area (Å²) >= 11 is 12.0. The van der Waals surface area contributed by atoms with E-state index in [2.05, 4.69) is 5.32 Å². The van der Waals surface area contributed by atoms with Gasteiger partial charge in [-0.1, -0.05) is 41.4 Å². The van der Waals surface area contributed by atoms with E-state index in [1.165, 1.54) is 0 Å². The zero-order chi connectivity index (χ0) is 13.1. The number of amides is 1. The average Bonchev–Trinajstić information content (AvgIpc) is 2.38. The highest BCUT2D eigenvalue weighted by atomic mass is 35.5. The quantitative estimate of drug-likeness (QED) is 0.884. The van der Waals surface area contributed by atoms with Crippen molar-refractivity contribution in [2.45, 2.75) is 0 Å². The molecule has 0 fully saturated rings. The maximum atomic E-state index is 11.4. The predicted molar refractivity (Wildman–Crippen MR) is 75.3 cm³/mol. The summed E-state index contributed by atoms with van der Waals surface area (Å²) in [5.41, 5.74) is 2.46. The Morgan fingerprint density at radius 2 is 1.72 bits per heavy atom. The molecule has 92 valence electrons. The Labute approximate surface area is 116 Å². The molecular weight excluding hydrogens is 269 g/mol. The molecule has 2 nitrogen and oxygen atoms in total. The van der Waals surface area contributed by atoms with Gasteiger partial charge in [-0.2, -0.15) is 0 Å². The summed E-state index contributed by atoms with van der Waals surface area (Å²) < 4.78 is 0. The van der Waals surface area contributed by atoms with E-state index in [0.29, 0.717) is 15.6 Å². The van der Waals surface area contributed by atoms with Gasteiger partial charge >= 0.3 is 0 Å². The van der Waals surface area contributed by atoms with Gasteiger partial charge in [0.1, 0.15) is 0 Å². The number of carbonyl (C=O) groups is 1. The van der Waals surface area contributed by atoms with Crippen molar-refractivity contribution in [1.82, 2.24) is 5.32 Å². The van der Waals surface area contributed by atoms with Crippen LogP contribution in [0, 0.1) is 0 Å². The molecule has 2 aromatic carbocycles. The first-order chi connectivity index (χ1) is 8.61. The highest BCUT2D eigenvalue weighted by Gasteiger charge is 2.06. The van der Waals surface area contributed by atoms with Crippen LogP contribution in [0.1, 0.15) is 10.4 Å². The van der Waals surface area contributed by atoms with Crippen molar-refractivity contribution in [3.05, 3.63) is 58.1 Å². The van der Waals surface area contributed by atoms with Gasteiger partial charge in [-0.15, -0.1) is 0 Å². The lowest BCUT2D eigenvalue weighted by Gasteiger charge is -2.06. The van der Waals surface area contributed by atoms with Crippen LogP contribution in [0.25, 0.3) is 11.1 Å². The molecule has 0 aliphatic rings. The number of benzene rings is 2. The van der Waals surface area contributed by atoms with Crippen molar-refractivity contribution in [2.24, 2.45) is 0 Å². The van der Waals surface area contributed by atoms with Gasteiger partial charge in [0.15, 0.2) is 0 Å². The molecule has 1 amide bonds. The zero-order valence-electron chi connectivity index (χ0n) is 9.71. The van der Waals surface area contributed by atoms with Crippen LogP contribution < -0.4 is 5.32 Å². The molecule has 0 saturated heterocycles. The van der Waals surface area contributed by atoms with Gasteiger partial charge < -0.3 is 5.32 Å². The van der Waals surface area contributed by atoms with Crippen molar-refractivity contribution in [3.8, 4) is 11.1 Å². The molecule has 0 spiro atoms. The van der Waals surface area contributed by atoms with Crippen LogP contribution in [0.15, 0.2) is 42.5 Å². The molecule has 0 radical (unpaired) electrons. The zero-order valence-corrected chi connectivity index (χ0v) is 11.2. The molecule has 0 bridgehead atoms. The Balaban J connectivity index is 2.37. The summed E-state index contributed by atoms with van der Waals surface area (Å²) in [4.78, 5) is 11.4. The van der Waals surface area contributed by atoms with Crippen LogP contribution in [-0.2, 0) is 0 Å². The summed E-state index contributed by atoms with van der Waals surface area (Å²) in [7, 11) is 1.60. The Bertz CT molecular complexity index is 579. The van der Waals surface area contributed by atoms with Gasteiger partial charge in [-0.3, -0.25) is 4.79 Å². The second-order valence-corrected chi connectivity index (χ2v) is 4.62. The van der Waals surface area contributed by atoms with Gasteiger partial charge in [-0.25, -0.2) is 0 Å². The van der Waals surface area contributed by atoms with Crippen LogP contribution in [0.2, 0.25) is 10.0 Å². The first kappa shape index (κ1) is 12.9. The minimum absolute atomic E-state index is 0.108. The number of nitrogens with one attached hydrogen (secondary N) is 1. The van der Waals surface area contributed by atoms with Gasteiger partial charge in [-0.05, 0) is 29.8 Å². The van der Waals surface area contributed by atoms with E-state index in [-0.39, 0.29) is 5.91 Å². The van der Waals surface area contributed by atoms with Gasteiger partial charge in [0.2, 0.25) is 0 Å². The van der Waals surface area contributed by atoms with E-state index in [4.69, 9.17) is 23.2 Å². The summed E-state index contributed by atoms with van der Waals surface area (Å²) in [6.45, 7) is 0. The Hall–Kier alpha value is -1.51. The highest BCUT2D eigenvalue weighted by Crippen LogP contribution is 2.30. The fourth-order valence-electron chi connectivity index (χ4n) is 1.67. The molecule has 1 N–H and O–H groups in total. The van der Waals surface area contributed by atoms with E-state index >= 15 is 0 Å². The molecule has 0 aliphatic carbocycles. The minimum Gasteiger partial charge on any atom is -0.355 e. The first-order valence-corrected chi connectivity index (χ1v) is 6.15. The predicted octanol–water partition coefficient (Wildman–Crippen LogP) is 4.02. The smallest absolute Gasteiger partial charge is 0.251 e. The molecule has 0 unspecified atom stereocenters. The number of hydrogen-bond acceptors (Lipinski definition) is 1. The van der Waals surface area contributed by atoms with Crippen LogP contribution in [-0.4, -0.2) is 13.0 Å². The minimum atomic E-state index is -0.108. The molecular formula is C14H11Cl2NO. The fraction of sp³-hybridized carbons (Fsp3) is 0.0714. The number of carbonyl (C=O) groups excluding carboxylic acids is 1. The van der Waals surface area contributed by atoms with Gasteiger partial charge in [0.25, 0.3) is 5.91 Å². The maximum Gasteiger partial charge on any atom is 0.251 e. The lowest BCUT2D eigenvalue weighted by atomic mass is 10.0. The molecule has 0 aromatic heterocycles. The highest BCUT2D eigenvalue weighted by molar-refractivity contribution is 6.36. The van der Waals surface area contributed by atoms with E-state index in [9.17, 15) is 4.79 Å². The van der Waals surface area contributed by atoms with Crippen LogP contribution in [0.5, 0.6) is 0 Å². The van der Waals surface area contributed by atoms with E-state index in [1.807, 2.05) is 18.2 Å². The van der Waals surface area contributed by atoms with Gasteiger partial charge in [0, 0.05) is 28.2 Å². The molecule has 2 rings (SSSR count). The Morgan fingerprint density at radius 1 is 1.06 bits per heavy atom. The second kappa shape index (κ2) is 5.42. The van der Waals surface area contributed by atoms with Crippen molar-refractivity contribution in [1.29, 1.82) is 0 Å². The molecule has 0 saturated carbocycles. The summed E-state index contributed by atoms with van der Waals surface area (Å²) in [5, 5.41) is 3.77. The maximum absolute atomic E-state index is 11.4. The molecule has 0 aliphatic heterocycles. The van der Waals surface area contributed by atoms with E-state index in [1.54, 1.807) is 31.3 Å². The van der Waals surface area contributed by atoms with Crippen molar-refractivity contribution >= 4 is 29.1 Å². The first-order valence-electron chi connectivity index (χ1n) is 5.39. The fourth-order valence-corrected chi connectivity index (χ4v) is 2.19. The van der Waals surface area contributed by atoms with Crippen LogP contribution in [0.4, 0.5) is 0 Å². The normalized spacial score (nSPS) is 10.2. The lowest BCUT2D eigenvalue weighted by Crippen LogP contribution is -2.17. The second-order valence-electron chi connectivity index (χ2n) is 3.78. The van der Waals surface area contributed by atoms with Crippen LogP contribution in [0.3, 0.4) is 0 Å². The number of hydrogen-bond donors (Lipinski definition) is 1. The molecule has 0 atom stereocenters. The Morgan fingerprint density at radius 3 is 2.28 bits per heavy atom. The molecule has 18 heavy (non-hydrogen) atoms. The molecule has 4 heteroatoms. The van der Waals surface area contributed by atoms with Crippen molar-refractivity contribution in [2.75, 3.05) is 7.05 Å². The third kappa shape index (κ3) is 2.66. The van der Waals surface area contributed by atoms with Gasteiger partial charge in [0.05, 0.1) is 0 Å². The monoisotopic (exact) mass is 279 g/mol. The number of halogens is 2. The third-order valence-corrected chi connectivity index (χ3v) is 3.16. The number of rotatable bonds is 2. The summed E-state index contributed by atoms with van der Waals surface area (Å²) in [5.74, 6) is -0.108. The summed E-state index contributed by atoms with van der Waals surface area (Å²) in [6, 6.07) is 12.6. The van der Waals surface area contributed by atoms with Crippen molar-refractivity contribution in [3.63, 3.8) is 0 Å². The largest absolute Gasteiger partial charge is 0.355 e. The third-order valence-electron chi connectivity index (χ3n) is 2.62. The van der Waals surface area contributed by atoms with E-state index in [0.717, 1.165) is 11.1 Å². The Kier molecular flexibility index (Phi) is 3.90. The van der Waals surface area contributed by atoms with Crippen LogP contribution >= 0.6 is 23.2 Å². The molecule has 2 aromatic rings. The summed E-state index contributed by atoms with van der Waals surface area (Å²) in [6.07, 6.45) is 0. The topological polar surface area (TPSA) is 29.1 Å². The standard InChI is InChI=1S/C14H11Cl2NO/c1-17-14(18)10-4-2-9(3-5-10)12-7-6-11(15)8-13(12)16/h2-8H,1H3,(H,17,18).